The summed E-state index contributed by atoms with van der Waals surface area (Å²) in [6.45, 7) is 3.12. The summed E-state index contributed by atoms with van der Waals surface area (Å²) in [6.07, 6.45) is -4.64. The van der Waals surface area contributed by atoms with Crippen LogP contribution in [0.1, 0.15) is 18.2 Å². The molecule has 2 aromatic rings. The Kier molecular flexibility index (Phi) is 3.77. The summed E-state index contributed by atoms with van der Waals surface area (Å²) < 4.78 is 57.2. The maximum Gasteiger partial charge on any atom is 0.433 e. The lowest BCUT2D eigenvalue weighted by molar-refractivity contribution is -0.141. The standard InChI is InChI=1S/C13H10ClF4NO/c1-3-20-10-4-7-9(5-8(10)15)19-12(13(16,17)18)6(2)11(7)14/h4-5H,3H2,1-2H3. The summed E-state index contributed by atoms with van der Waals surface area (Å²) >= 11 is 5.94. The van der Waals surface area contributed by atoms with Crippen molar-refractivity contribution in [3.8, 4) is 5.75 Å². The molecule has 0 fully saturated rings. The van der Waals surface area contributed by atoms with E-state index in [1.165, 1.54) is 13.0 Å². The van der Waals surface area contributed by atoms with E-state index in [0.29, 0.717) is 0 Å². The Morgan fingerprint density at radius 2 is 1.95 bits per heavy atom. The molecular formula is C13H10ClF4NO. The van der Waals surface area contributed by atoms with Crippen LogP contribution >= 0.6 is 11.6 Å². The van der Waals surface area contributed by atoms with Gasteiger partial charge in [0.15, 0.2) is 11.6 Å². The molecule has 108 valence electrons. The molecule has 0 spiro atoms. The third-order valence-electron chi connectivity index (χ3n) is 2.77. The molecule has 0 aliphatic heterocycles. The van der Waals surface area contributed by atoms with Gasteiger partial charge in [-0.25, -0.2) is 9.37 Å². The van der Waals surface area contributed by atoms with Gasteiger partial charge in [0.1, 0.15) is 5.69 Å². The molecule has 0 aliphatic rings. The molecule has 0 bridgehead atoms. The van der Waals surface area contributed by atoms with Crippen LogP contribution in [-0.4, -0.2) is 11.6 Å². The number of alkyl halides is 3. The summed E-state index contributed by atoms with van der Waals surface area (Å²) in [4.78, 5) is 3.46. The fraction of sp³-hybridized carbons (Fsp3) is 0.308. The lowest BCUT2D eigenvalue weighted by Crippen LogP contribution is -2.11. The molecule has 2 rings (SSSR count). The maximum atomic E-state index is 13.7. The van der Waals surface area contributed by atoms with Crippen LogP contribution in [0.3, 0.4) is 0 Å². The maximum absolute atomic E-state index is 13.7. The number of benzene rings is 1. The molecule has 1 aromatic heterocycles. The average Bonchev–Trinajstić information content (AvgIpc) is 2.34. The molecule has 0 unspecified atom stereocenters. The van der Waals surface area contributed by atoms with Gasteiger partial charge in [0.05, 0.1) is 17.1 Å². The van der Waals surface area contributed by atoms with Crippen molar-refractivity contribution < 1.29 is 22.3 Å². The Hall–Kier alpha value is -1.56. The molecule has 0 saturated heterocycles. The minimum Gasteiger partial charge on any atom is -0.491 e. The van der Waals surface area contributed by atoms with Crippen molar-refractivity contribution in [3.63, 3.8) is 0 Å². The molecule has 0 saturated carbocycles. The second kappa shape index (κ2) is 5.09. The predicted octanol–water partition coefficient (Wildman–Crippen LogP) is 4.75. The Bertz CT molecular complexity index is 670. The number of ether oxygens (including phenoxy) is 1. The van der Waals surface area contributed by atoms with E-state index in [9.17, 15) is 17.6 Å². The van der Waals surface area contributed by atoms with Crippen molar-refractivity contribution in [2.45, 2.75) is 20.0 Å². The highest BCUT2D eigenvalue weighted by atomic mass is 35.5. The van der Waals surface area contributed by atoms with Gasteiger partial charge in [0.25, 0.3) is 0 Å². The smallest absolute Gasteiger partial charge is 0.433 e. The molecule has 2 nitrogen and oxygen atoms in total. The summed E-state index contributed by atoms with van der Waals surface area (Å²) in [6, 6.07) is 2.15. The number of aromatic nitrogens is 1. The third-order valence-corrected chi connectivity index (χ3v) is 3.26. The van der Waals surface area contributed by atoms with Gasteiger partial charge in [-0.15, -0.1) is 0 Å². The highest BCUT2D eigenvalue weighted by Gasteiger charge is 2.36. The number of halogens is 5. The van der Waals surface area contributed by atoms with Crippen LogP contribution in [0.25, 0.3) is 10.9 Å². The lowest BCUT2D eigenvalue weighted by Gasteiger charge is -2.14. The number of fused-ring (bicyclic) bond motifs is 1. The molecule has 1 aromatic carbocycles. The van der Waals surface area contributed by atoms with Crippen LogP contribution in [0.5, 0.6) is 5.75 Å². The summed E-state index contributed by atoms with van der Waals surface area (Å²) in [7, 11) is 0. The van der Waals surface area contributed by atoms with E-state index in [2.05, 4.69) is 4.98 Å². The third kappa shape index (κ3) is 2.52. The quantitative estimate of drug-likeness (QED) is 0.747. The fourth-order valence-electron chi connectivity index (χ4n) is 1.86. The second-order valence-electron chi connectivity index (χ2n) is 4.13. The number of rotatable bonds is 2. The summed E-state index contributed by atoms with van der Waals surface area (Å²) in [5, 5.41) is 0.116. The zero-order valence-electron chi connectivity index (χ0n) is 10.6. The van der Waals surface area contributed by atoms with Crippen LogP contribution < -0.4 is 4.74 Å². The first-order chi connectivity index (χ1) is 9.25. The molecular weight excluding hydrogens is 298 g/mol. The average molecular weight is 308 g/mol. The Balaban J connectivity index is 2.77. The van der Waals surface area contributed by atoms with Gasteiger partial charge in [0, 0.05) is 11.5 Å². The molecule has 0 aliphatic carbocycles. The van der Waals surface area contributed by atoms with Crippen molar-refractivity contribution in [1.29, 1.82) is 0 Å². The van der Waals surface area contributed by atoms with Gasteiger partial charge in [-0.1, -0.05) is 11.6 Å². The lowest BCUT2D eigenvalue weighted by atomic mass is 10.1. The van der Waals surface area contributed by atoms with Crippen LogP contribution in [0.15, 0.2) is 12.1 Å². The SMILES string of the molecule is CCOc1cc2c(Cl)c(C)c(C(F)(F)F)nc2cc1F. The molecule has 0 amide bonds. The van der Waals surface area contributed by atoms with E-state index in [1.807, 2.05) is 0 Å². The van der Waals surface area contributed by atoms with E-state index in [-0.39, 0.29) is 33.8 Å². The van der Waals surface area contributed by atoms with Crippen molar-refractivity contribution in [2.75, 3.05) is 6.61 Å². The Morgan fingerprint density at radius 1 is 1.30 bits per heavy atom. The first-order valence-electron chi connectivity index (χ1n) is 5.75. The van der Waals surface area contributed by atoms with Crippen LogP contribution in [0.4, 0.5) is 17.6 Å². The van der Waals surface area contributed by atoms with Gasteiger partial charge < -0.3 is 4.74 Å². The van der Waals surface area contributed by atoms with E-state index in [4.69, 9.17) is 16.3 Å². The fourth-order valence-corrected chi connectivity index (χ4v) is 2.10. The molecule has 20 heavy (non-hydrogen) atoms. The summed E-state index contributed by atoms with van der Waals surface area (Å²) in [5.41, 5.74) is -1.46. The first kappa shape index (κ1) is 14.8. The molecule has 0 radical (unpaired) electrons. The van der Waals surface area contributed by atoms with Gasteiger partial charge >= 0.3 is 6.18 Å². The van der Waals surface area contributed by atoms with Crippen molar-refractivity contribution >= 4 is 22.5 Å². The molecule has 0 N–H and O–H groups in total. The largest absolute Gasteiger partial charge is 0.491 e. The highest BCUT2D eigenvalue weighted by molar-refractivity contribution is 6.36. The predicted molar refractivity (Wildman–Crippen MR) is 67.6 cm³/mol. The van der Waals surface area contributed by atoms with E-state index in [1.54, 1.807) is 6.92 Å². The topological polar surface area (TPSA) is 22.1 Å². The zero-order chi connectivity index (χ0) is 15.1. The van der Waals surface area contributed by atoms with Crippen molar-refractivity contribution in [2.24, 2.45) is 0 Å². The van der Waals surface area contributed by atoms with Crippen molar-refractivity contribution in [1.82, 2.24) is 4.98 Å². The van der Waals surface area contributed by atoms with Gasteiger partial charge in [-0.2, -0.15) is 13.2 Å². The van der Waals surface area contributed by atoms with E-state index < -0.39 is 17.7 Å². The zero-order valence-corrected chi connectivity index (χ0v) is 11.4. The number of hydrogen-bond donors (Lipinski definition) is 0. The first-order valence-corrected chi connectivity index (χ1v) is 6.12. The minimum absolute atomic E-state index is 0.0668. The second-order valence-corrected chi connectivity index (χ2v) is 4.51. The van der Waals surface area contributed by atoms with Gasteiger partial charge in [-0.3, -0.25) is 0 Å². The molecule has 0 atom stereocenters. The molecule has 1 heterocycles. The normalized spacial score (nSPS) is 11.9. The highest BCUT2D eigenvalue weighted by Crippen LogP contribution is 2.38. The number of pyridine rings is 1. The van der Waals surface area contributed by atoms with Gasteiger partial charge in [-0.05, 0) is 25.5 Å². The molecule has 7 heteroatoms. The Morgan fingerprint density at radius 3 is 2.50 bits per heavy atom. The number of nitrogens with zero attached hydrogens (tertiary/aromatic N) is 1. The summed E-state index contributed by atoms with van der Waals surface area (Å²) in [5.74, 6) is -0.845. The van der Waals surface area contributed by atoms with Crippen LogP contribution in [-0.2, 0) is 6.18 Å². The van der Waals surface area contributed by atoms with Gasteiger partial charge in [0.2, 0.25) is 0 Å². The van der Waals surface area contributed by atoms with Crippen LogP contribution in [0.2, 0.25) is 5.02 Å². The van der Waals surface area contributed by atoms with E-state index in [0.717, 1.165) is 6.07 Å². The van der Waals surface area contributed by atoms with E-state index >= 15 is 0 Å². The minimum atomic E-state index is -4.64. The monoisotopic (exact) mass is 307 g/mol. The van der Waals surface area contributed by atoms with Crippen LogP contribution in [0, 0.1) is 12.7 Å². The number of hydrogen-bond acceptors (Lipinski definition) is 2. The van der Waals surface area contributed by atoms with Crippen molar-refractivity contribution in [3.05, 3.63) is 34.2 Å². The Labute approximate surface area is 117 Å².